The first-order valence-corrected chi connectivity index (χ1v) is 14.0. The van der Waals surface area contributed by atoms with Crippen molar-refractivity contribution in [2.45, 2.75) is 57.8 Å². The average molecular weight is 571 g/mol. The molecule has 0 N–H and O–H groups in total. The topological polar surface area (TPSA) is 107 Å². The summed E-state index contributed by atoms with van der Waals surface area (Å²) in [6, 6.07) is 13.5. The highest BCUT2D eigenvalue weighted by Gasteiger charge is 2.06. The summed E-state index contributed by atoms with van der Waals surface area (Å²) in [4.78, 5) is 33.8. The number of carbonyl (C=O) groups excluding carboxylic acids is 3. The lowest BCUT2D eigenvalue weighted by molar-refractivity contribution is -0.141. The Hall–Kier alpha value is -4.01. The van der Waals surface area contributed by atoms with Gasteiger partial charge in [-0.2, -0.15) is 0 Å². The predicted molar refractivity (Wildman–Crippen MR) is 156 cm³/mol. The van der Waals surface area contributed by atoms with Gasteiger partial charge in [0.2, 0.25) is 0 Å². The fraction of sp³-hybridized carbons (Fsp3) is 0.469. The standard InChI is InChI=1S/C32H42O9/c1-36-30(33)10-4-7-19-39-27-17-15-25(16-18-27)13-14-26-22-28(40-20-8-5-11-31(34)37-2)24-29(23-26)41-21-9-6-12-32(35)38-3/h13-18,22-24H,4-12,19-21H2,1-3H3/b14-13+. The molecule has 0 aliphatic rings. The molecule has 0 aromatic heterocycles. The Balaban J connectivity index is 1.95. The highest BCUT2D eigenvalue weighted by molar-refractivity contribution is 5.71. The number of unbranched alkanes of at least 4 members (excludes halogenated alkanes) is 3. The molecule has 0 aliphatic carbocycles. The van der Waals surface area contributed by atoms with Crippen molar-refractivity contribution in [3.8, 4) is 17.2 Å². The summed E-state index contributed by atoms with van der Waals surface area (Å²) < 4.78 is 31.7. The molecule has 0 saturated heterocycles. The fourth-order valence-corrected chi connectivity index (χ4v) is 3.71. The van der Waals surface area contributed by atoms with Crippen LogP contribution in [0.1, 0.15) is 68.9 Å². The maximum atomic E-state index is 11.3. The van der Waals surface area contributed by atoms with E-state index in [4.69, 9.17) is 14.2 Å². The van der Waals surface area contributed by atoms with Gasteiger partial charge in [0.1, 0.15) is 17.2 Å². The summed E-state index contributed by atoms with van der Waals surface area (Å²) in [7, 11) is 4.16. The lowest BCUT2D eigenvalue weighted by atomic mass is 10.1. The molecule has 0 saturated carbocycles. The van der Waals surface area contributed by atoms with Gasteiger partial charge in [-0.25, -0.2) is 0 Å². The smallest absolute Gasteiger partial charge is 0.305 e. The van der Waals surface area contributed by atoms with Crippen molar-refractivity contribution in [2.24, 2.45) is 0 Å². The molecule has 41 heavy (non-hydrogen) atoms. The number of hydrogen-bond donors (Lipinski definition) is 0. The van der Waals surface area contributed by atoms with Crippen molar-refractivity contribution in [1.29, 1.82) is 0 Å². The summed E-state index contributed by atoms with van der Waals surface area (Å²) in [6.45, 7) is 1.47. The van der Waals surface area contributed by atoms with E-state index in [-0.39, 0.29) is 17.9 Å². The highest BCUT2D eigenvalue weighted by atomic mass is 16.5. The van der Waals surface area contributed by atoms with Crippen molar-refractivity contribution in [3.63, 3.8) is 0 Å². The molecular formula is C32H42O9. The Kier molecular flexibility index (Phi) is 16.2. The second-order valence-electron chi connectivity index (χ2n) is 9.29. The maximum absolute atomic E-state index is 11.3. The molecule has 0 unspecified atom stereocenters. The van der Waals surface area contributed by atoms with Gasteiger partial charge in [0.25, 0.3) is 0 Å². The van der Waals surface area contributed by atoms with Gasteiger partial charge in [0.05, 0.1) is 41.2 Å². The van der Waals surface area contributed by atoms with Crippen LogP contribution in [0.25, 0.3) is 12.2 Å². The second kappa shape index (κ2) is 20.0. The molecule has 0 spiro atoms. The Morgan fingerprint density at radius 2 is 0.902 bits per heavy atom. The third-order valence-electron chi connectivity index (χ3n) is 6.07. The number of carbonyl (C=O) groups is 3. The zero-order valence-electron chi connectivity index (χ0n) is 24.4. The largest absolute Gasteiger partial charge is 0.494 e. The van der Waals surface area contributed by atoms with Gasteiger partial charge in [-0.05, 0) is 73.9 Å². The summed E-state index contributed by atoms with van der Waals surface area (Å²) in [5, 5.41) is 0. The third-order valence-corrected chi connectivity index (χ3v) is 6.07. The molecule has 0 aliphatic heterocycles. The summed E-state index contributed by atoms with van der Waals surface area (Å²) in [6.07, 6.45) is 9.41. The molecule has 2 aromatic carbocycles. The van der Waals surface area contributed by atoms with E-state index in [1.54, 1.807) is 0 Å². The van der Waals surface area contributed by atoms with E-state index in [0.717, 1.165) is 42.6 Å². The number of methoxy groups -OCH3 is 3. The molecule has 0 radical (unpaired) electrons. The normalized spacial score (nSPS) is 10.7. The van der Waals surface area contributed by atoms with Gasteiger partial charge in [-0.3, -0.25) is 14.4 Å². The first-order valence-electron chi connectivity index (χ1n) is 14.0. The first-order chi connectivity index (χ1) is 19.9. The fourth-order valence-electron chi connectivity index (χ4n) is 3.71. The minimum atomic E-state index is -0.227. The molecule has 0 bridgehead atoms. The van der Waals surface area contributed by atoms with Crippen molar-refractivity contribution in [3.05, 3.63) is 53.6 Å². The van der Waals surface area contributed by atoms with Gasteiger partial charge in [0, 0.05) is 25.3 Å². The predicted octanol–water partition coefficient (Wildman–Crippen LogP) is 6.02. The molecule has 9 heteroatoms. The molecule has 2 rings (SSSR count). The van der Waals surface area contributed by atoms with Gasteiger partial charge in [-0.15, -0.1) is 0 Å². The first kappa shape index (κ1) is 33.2. The van der Waals surface area contributed by atoms with Crippen LogP contribution in [0.3, 0.4) is 0 Å². The van der Waals surface area contributed by atoms with Crippen molar-refractivity contribution in [1.82, 2.24) is 0 Å². The van der Waals surface area contributed by atoms with Crippen LogP contribution in [-0.4, -0.2) is 59.1 Å². The van der Waals surface area contributed by atoms with Crippen molar-refractivity contribution in [2.75, 3.05) is 41.2 Å². The van der Waals surface area contributed by atoms with E-state index in [1.165, 1.54) is 21.3 Å². The molecule has 0 amide bonds. The number of ether oxygens (including phenoxy) is 6. The highest BCUT2D eigenvalue weighted by Crippen LogP contribution is 2.25. The van der Waals surface area contributed by atoms with Crippen LogP contribution in [0.2, 0.25) is 0 Å². The molecule has 0 fully saturated rings. The Bertz CT molecular complexity index is 1050. The minimum absolute atomic E-state index is 0.205. The second-order valence-corrected chi connectivity index (χ2v) is 9.29. The molecule has 224 valence electrons. The van der Waals surface area contributed by atoms with Gasteiger partial charge >= 0.3 is 17.9 Å². The molecule has 2 aromatic rings. The van der Waals surface area contributed by atoms with Crippen LogP contribution < -0.4 is 14.2 Å². The summed E-state index contributed by atoms with van der Waals surface area (Å²) in [5.41, 5.74) is 1.91. The quantitative estimate of drug-likeness (QED) is 0.0817. The van der Waals surface area contributed by atoms with E-state index < -0.39 is 0 Å². The summed E-state index contributed by atoms with van der Waals surface area (Å²) >= 11 is 0. The SMILES string of the molecule is COC(=O)CCCCOc1ccc(/C=C/c2cc(OCCCCC(=O)OC)cc(OCCCCC(=O)OC)c2)cc1. The van der Waals surface area contributed by atoms with Crippen LogP contribution in [0.4, 0.5) is 0 Å². The maximum Gasteiger partial charge on any atom is 0.305 e. The number of rotatable bonds is 20. The van der Waals surface area contributed by atoms with E-state index in [2.05, 4.69) is 14.2 Å². The van der Waals surface area contributed by atoms with Crippen molar-refractivity contribution >= 4 is 30.1 Å². The van der Waals surface area contributed by atoms with Gasteiger partial charge in [-0.1, -0.05) is 24.3 Å². The Labute approximate surface area is 242 Å². The lowest BCUT2D eigenvalue weighted by Gasteiger charge is -2.11. The number of hydrogen-bond acceptors (Lipinski definition) is 9. The Morgan fingerprint density at radius 3 is 1.32 bits per heavy atom. The lowest BCUT2D eigenvalue weighted by Crippen LogP contribution is -2.04. The minimum Gasteiger partial charge on any atom is -0.494 e. The van der Waals surface area contributed by atoms with E-state index in [0.29, 0.717) is 63.4 Å². The molecule has 0 heterocycles. The molecule has 9 nitrogen and oxygen atoms in total. The zero-order valence-corrected chi connectivity index (χ0v) is 24.4. The van der Waals surface area contributed by atoms with Crippen LogP contribution in [0, 0.1) is 0 Å². The van der Waals surface area contributed by atoms with Crippen LogP contribution in [-0.2, 0) is 28.6 Å². The van der Waals surface area contributed by atoms with Crippen LogP contribution in [0.5, 0.6) is 17.2 Å². The van der Waals surface area contributed by atoms with E-state index in [1.807, 2.05) is 54.6 Å². The molecule has 0 atom stereocenters. The summed E-state index contributed by atoms with van der Waals surface area (Å²) in [5.74, 6) is 1.45. The number of esters is 3. The van der Waals surface area contributed by atoms with E-state index >= 15 is 0 Å². The van der Waals surface area contributed by atoms with Crippen LogP contribution >= 0.6 is 0 Å². The third kappa shape index (κ3) is 14.8. The van der Waals surface area contributed by atoms with Crippen molar-refractivity contribution < 1.29 is 42.8 Å². The molecular weight excluding hydrogens is 528 g/mol. The zero-order chi connectivity index (χ0) is 29.7. The Morgan fingerprint density at radius 1 is 0.512 bits per heavy atom. The van der Waals surface area contributed by atoms with Gasteiger partial charge in [0.15, 0.2) is 0 Å². The number of benzene rings is 2. The van der Waals surface area contributed by atoms with Crippen LogP contribution in [0.15, 0.2) is 42.5 Å². The van der Waals surface area contributed by atoms with Gasteiger partial charge < -0.3 is 28.4 Å². The monoisotopic (exact) mass is 570 g/mol. The average Bonchev–Trinajstić information content (AvgIpc) is 2.99. The van der Waals surface area contributed by atoms with E-state index in [9.17, 15) is 14.4 Å².